The largest absolute Gasteiger partial charge is 0.492 e. The van der Waals surface area contributed by atoms with Crippen LogP contribution in [-0.4, -0.2) is 25.6 Å². The zero-order valence-corrected chi connectivity index (χ0v) is 13.1. The van der Waals surface area contributed by atoms with E-state index in [-0.39, 0.29) is 0 Å². The molecule has 0 aromatic heterocycles. The Morgan fingerprint density at radius 1 is 1.28 bits per heavy atom. The molecule has 1 aromatic carbocycles. The van der Waals surface area contributed by atoms with Gasteiger partial charge in [-0.3, -0.25) is 0 Å². The quantitative estimate of drug-likeness (QED) is 0.543. The summed E-state index contributed by atoms with van der Waals surface area (Å²) in [6.07, 6.45) is 2.36. The van der Waals surface area contributed by atoms with Gasteiger partial charge < -0.3 is 10.1 Å². The van der Waals surface area contributed by atoms with E-state index in [1.807, 2.05) is 24.3 Å². The molecule has 0 saturated carbocycles. The van der Waals surface area contributed by atoms with Crippen LogP contribution in [-0.2, 0) is 0 Å². The van der Waals surface area contributed by atoms with E-state index >= 15 is 0 Å². The molecule has 0 heterocycles. The molecule has 0 bridgehead atoms. The second-order valence-electron chi connectivity index (χ2n) is 4.45. The van der Waals surface area contributed by atoms with Crippen LogP contribution >= 0.6 is 27.5 Å². The van der Waals surface area contributed by atoms with Crippen molar-refractivity contribution in [2.24, 2.45) is 5.92 Å². The second kappa shape index (κ2) is 9.65. The maximum Gasteiger partial charge on any atom is 0.119 e. The third-order valence-electron chi connectivity index (χ3n) is 2.68. The molecule has 4 heteroatoms. The van der Waals surface area contributed by atoms with Crippen LogP contribution in [0.5, 0.6) is 5.75 Å². The minimum absolute atomic E-state index is 0.618. The Morgan fingerprint density at radius 2 is 2.00 bits per heavy atom. The molecule has 0 amide bonds. The first-order valence-corrected chi connectivity index (χ1v) is 7.70. The Morgan fingerprint density at radius 3 is 2.67 bits per heavy atom. The van der Waals surface area contributed by atoms with E-state index in [1.165, 1.54) is 12.8 Å². The Balaban J connectivity index is 1.97. The zero-order chi connectivity index (χ0) is 13.2. The summed E-state index contributed by atoms with van der Waals surface area (Å²) in [4.78, 5) is 0. The molecule has 0 fully saturated rings. The van der Waals surface area contributed by atoms with Gasteiger partial charge in [0, 0.05) is 16.9 Å². The van der Waals surface area contributed by atoms with Gasteiger partial charge in [-0.15, -0.1) is 11.6 Å². The van der Waals surface area contributed by atoms with E-state index in [9.17, 15) is 0 Å². The molecule has 1 N–H and O–H groups in total. The Bertz CT molecular complexity index is 318. The van der Waals surface area contributed by atoms with Crippen molar-refractivity contribution in [3.8, 4) is 5.75 Å². The minimum atomic E-state index is 0.618. The number of alkyl halides is 1. The van der Waals surface area contributed by atoms with Gasteiger partial charge in [-0.2, -0.15) is 0 Å². The number of benzene rings is 1. The van der Waals surface area contributed by atoms with Crippen LogP contribution in [0.25, 0.3) is 0 Å². The summed E-state index contributed by atoms with van der Waals surface area (Å²) in [6.45, 7) is 4.80. The average Bonchev–Trinajstić information content (AvgIpc) is 2.39. The fraction of sp³-hybridized carbons (Fsp3) is 0.571. The Kier molecular flexibility index (Phi) is 8.47. The summed E-state index contributed by atoms with van der Waals surface area (Å²) < 4.78 is 6.68. The lowest BCUT2D eigenvalue weighted by Gasteiger charge is -2.09. The van der Waals surface area contributed by atoms with E-state index in [0.717, 1.165) is 29.2 Å². The summed E-state index contributed by atoms with van der Waals surface area (Å²) >= 11 is 9.15. The highest BCUT2D eigenvalue weighted by atomic mass is 79.9. The first-order valence-electron chi connectivity index (χ1n) is 6.37. The molecule has 18 heavy (non-hydrogen) atoms. The average molecular weight is 335 g/mol. The number of rotatable bonds is 9. The summed E-state index contributed by atoms with van der Waals surface area (Å²) in [5, 5.41) is 3.37. The van der Waals surface area contributed by atoms with Gasteiger partial charge >= 0.3 is 0 Å². The normalized spacial score (nSPS) is 12.4. The van der Waals surface area contributed by atoms with Gasteiger partial charge in [-0.05, 0) is 49.6 Å². The van der Waals surface area contributed by atoms with Crippen molar-refractivity contribution >= 4 is 27.5 Å². The van der Waals surface area contributed by atoms with Gasteiger partial charge in [0.25, 0.3) is 0 Å². The van der Waals surface area contributed by atoms with Crippen molar-refractivity contribution in [1.82, 2.24) is 5.32 Å². The fourth-order valence-electron chi connectivity index (χ4n) is 1.55. The number of nitrogens with one attached hydrogen (secondary N) is 1. The predicted molar refractivity (Wildman–Crippen MR) is 81.6 cm³/mol. The highest BCUT2D eigenvalue weighted by Gasteiger charge is 1.99. The molecule has 0 spiro atoms. The molecule has 0 aliphatic rings. The van der Waals surface area contributed by atoms with Crippen LogP contribution < -0.4 is 10.1 Å². The Labute approximate surface area is 123 Å². The van der Waals surface area contributed by atoms with Crippen molar-refractivity contribution in [3.63, 3.8) is 0 Å². The highest BCUT2D eigenvalue weighted by Crippen LogP contribution is 2.15. The first-order chi connectivity index (χ1) is 8.72. The molecular weight excluding hydrogens is 314 g/mol. The zero-order valence-electron chi connectivity index (χ0n) is 10.8. The number of ether oxygens (including phenoxy) is 1. The van der Waals surface area contributed by atoms with Crippen molar-refractivity contribution < 1.29 is 4.74 Å². The standard InChI is InChI=1S/C14H21BrClNO/c1-12(11-16)3-2-8-17-9-10-18-14-6-4-13(15)5-7-14/h4-7,12,17H,2-3,8-11H2,1H3. The first kappa shape index (κ1) is 15.8. The summed E-state index contributed by atoms with van der Waals surface area (Å²) in [5.41, 5.74) is 0. The molecule has 1 aromatic rings. The van der Waals surface area contributed by atoms with E-state index < -0.39 is 0 Å². The summed E-state index contributed by atoms with van der Waals surface area (Å²) in [7, 11) is 0. The Hall–Kier alpha value is -0.250. The smallest absolute Gasteiger partial charge is 0.119 e. The molecule has 0 saturated heterocycles. The molecule has 1 rings (SSSR count). The molecular formula is C14H21BrClNO. The summed E-state index contributed by atoms with van der Waals surface area (Å²) in [6, 6.07) is 7.89. The lowest BCUT2D eigenvalue weighted by molar-refractivity contribution is 0.313. The molecule has 0 aliphatic heterocycles. The van der Waals surface area contributed by atoms with Crippen molar-refractivity contribution in [2.45, 2.75) is 19.8 Å². The van der Waals surface area contributed by atoms with Gasteiger partial charge in [0.1, 0.15) is 12.4 Å². The van der Waals surface area contributed by atoms with Gasteiger partial charge in [0.15, 0.2) is 0 Å². The lowest BCUT2D eigenvalue weighted by Crippen LogP contribution is -2.22. The third kappa shape index (κ3) is 7.24. The predicted octanol–water partition coefficient (Wildman–Crippen LogP) is 4.07. The molecule has 0 aliphatic carbocycles. The number of hydrogen-bond acceptors (Lipinski definition) is 2. The number of halogens is 2. The second-order valence-corrected chi connectivity index (χ2v) is 5.68. The van der Waals surface area contributed by atoms with Crippen LogP contribution in [0.1, 0.15) is 19.8 Å². The lowest BCUT2D eigenvalue weighted by atomic mass is 10.1. The molecule has 2 nitrogen and oxygen atoms in total. The molecule has 1 atom stereocenters. The van der Waals surface area contributed by atoms with Gasteiger partial charge in [0.05, 0.1) is 0 Å². The van der Waals surface area contributed by atoms with E-state index in [4.69, 9.17) is 16.3 Å². The monoisotopic (exact) mass is 333 g/mol. The van der Waals surface area contributed by atoms with Crippen LogP contribution in [0, 0.1) is 5.92 Å². The maximum absolute atomic E-state index is 5.75. The van der Waals surface area contributed by atoms with Gasteiger partial charge in [-0.1, -0.05) is 22.9 Å². The highest BCUT2D eigenvalue weighted by molar-refractivity contribution is 9.10. The SMILES string of the molecule is CC(CCl)CCCNCCOc1ccc(Br)cc1. The molecule has 102 valence electrons. The van der Waals surface area contributed by atoms with E-state index in [1.54, 1.807) is 0 Å². The van der Waals surface area contributed by atoms with Crippen LogP contribution in [0.15, 0.2) is 28.7 Å². The van der Waals surface area contributed by atoms with Crippen LogP contribution in [0.2, 0.25) is 0 Å². The molecule has 0 radical (unpaired) electrons. The van der Waals surface area contributed by atoms with Crippen LogP contribution in [0.4, 0.5) is 0 Å². The minimum Gasteiger partial charge on any atom is -0.492 e. The van der Waals surface area contributed by atoms with Crippen molar-refractivity contribution in [1.29, 1.82) is 0 Å². The number of hydrogen-bond donors (Lipinski definition) is 1. The fourth-order valence-corrected chi connectivity index (χ4v) is 1.97. The van der Waals surface area contributed by atoms with Crippen molar-refractivity contribution in [3.05, 3.63) is 28.7 Å². The molecule has 1 unspecified atom stereocenters. The third-order valence-corrected chi connectivity index (χ3v) is 3.73. The topological polar surface area (TPSA) is 21.3 Å². The van der Waals surface area contributed by atoms with Gasteiger partial charge in [0.2, 0.25) is 0 Å². The maximum atomic E-state index is 5.75. The summed E-state index contributed by atoms with van der Waals surface area (Å²) in [5.74, 6) is 2.29. The van der Waals surface area contributed by atoms with Gasteiger partial charge in [-0.25, -0.2) is 0 Å². The van der Waals surface area contributed by atoms with E-state index in [0.29, 0.717) is 12.5 Å². The van der Waals surface area contributed by atoms with Crippen molar-refractivity contribution in [2.75, 3.05) is 25.6 Å². The van der Waals surface area contributed by atoms with Crippen LogP contribution in [0.3, 0.4) is 0 Å². The van der Waals surface area contributed by atoms with E-state index in [2.05, 4.69) is 28.2 Å².